The maximum Gasteiger partial charge on any atom is 0.227 e. The molecule has 0 radical (unpaired) electrons. The number of carbonyl (C=O) groups is 1. The van der Waals surface area contributed by atoms with Gasteiger partial charge in [-0.05, 0) is 26.3 Å². The van der Waals surface area contributed by atoms with Crippen LogP contribution >= 0.6 is 0 Å². The molecule has 4 nitrogen and oxygen atoms in total. The molecule has 2 saturated heterocycles. The number of carbonyl (C=O) groups excluding carboxylic acids is 1. The number of amides is 1. The van der Waals surface area contributed by atoms with E-state index >= 15 is 0 Å². The van der Waals surface area contributed by atoms with E-state index in [0.29, 0.717) is 13.0 Å². The van der Waals surface area contributed by atoms with Crippen LogP contribution in [-0.4, -0.2) is 42.8 Å². The summed E-state index contributed by atoms with van der Waals surface area (Å²) in [6.45, 7) is 5.17. The smallest absolute Gasteiger partial charge is 0.227 e. The normalized spacial score (nSPS) is 33.8. The number of rotatable bonds is 1. The van der Waals surface area contributed by atoms with Crippen LogP contribution in [0.3, 0.4) is 0 Å². The third-order valence-electron chi connectivity index (χ3n) is 3.12. The maximum absolute atomic E-state index is 11.7. The van der Waals surface area contributed by atoms with E-state index in [4.69, 9.17) is 4.74 Å². The molecule has 4 heteroatoms. The highest BCUT2D eigenvalue weighted by Gasteiger charge is 2.43. The minimum atomic E-state index is -0.331. The fourth-order valence-corrected chi connectivity index (χ4v) is 2.45. The minimum absolute atomic E-state index is 0.238. The monoisotopic (exact) mass is 198 g/mol. The summed E-state index contributed by atoms with van der Waals surface area (Å²) in [5.41, 5.74) is -0.331. The van der Waals surface area contributed by atoms with Gasteiger partial charge in [0.15, 0.2) is 5.72 Å². The van der Waals surface area contributed by atoms with Crippen molar-refractivity contribution in [3.05, 3.63) is 0 Å². The zero-order valence-electron chi connectivity index (χ0n) is 8.71. The van der Waals surface area contributed by atoms with Crippen LogP contribution < -0.4 is 5.32 Å². The Morgan fingerprint density at radius 3 is 3.14 bits per heavy atom. The predicted molar refractivity (Wildman–Crippen MR) is 52.8 cm³/mol. The molecule has 2 rings (SSSR count). The zero-order valence-corrected chi connectivity index (χ0v) is 8.71. The number of likely N-dealkylation sites (N-methyl/N-ethyl adjacent to an activating group) is 1. The first-order valence-corrected chi connectivity index (χ1v) is 5.44. The van der Waals surface area contributed by atoms with Gasteiger partial charge in [-0.1, -0.05) is 0 Å². The first kappa shape index (κ1) is 9.93. The highest BCUT2D eigenvalue weighted by molar-refractivity contribution is 5.77. The summed E-state index contributed by atoms with van der Waals surface area (Å²) >= 11 is 0. The second kappa shape index (κ2) is 3.87. The summed E-state index contributed by atoms with van der Waals surface area (Å²) in [5.74, 6) is 0.238. The Kier molecular flexibility index (Phi) is 2.74. The zero-order chi connectivity index (χ0) is 10.0. The second-order valence-electron chi connectivity index (χ2n) is 3.96. The van der Waals surface area contributed by atoms with Gasteiger partial charge in [-0.25, -0.2) is 0 Å². The Labute approximate surface area is 84.6 Å². The van der Waals surface area contributed by atoms with Crippen LogP contribution in [-0.2, 0) is 9.53 Å². The average Bonchev–Trinajstić information content (AvgIpc) is 2.19. The average molecular weight is 198 g/mol. The van der Waals surface area contributed by atoms with Crippen LogP contribution in [0.1, 0.15) is 26.2 Å². The van der Waals surface area contributed by atoms with Gasteiger partial charge in [-0.2, -0.15) is 0 Å². The molecule has 0 bridgehead atoms. The molecule has 0 aromatic rings. The molecular weight excluding hydrogens is 180 g/mol. The highest BCUT2D eigenvalue weighted by atomic mass is 16.5. The summed E-state index contributed by atoms with van der Waals surface area (Å²) in [6.07, 6.45) is 2.60. The van der Waals surface area contributed by atoms with Gasteiger partial charge in [0.1, 0.15) is 0 Å². The fraction of sp³-hybridized carbons (Fsp3) is 0.900. The van der Waals surface area contributed by atoms with Gasteiger partial charge in [0.25, 0.3) is 0 Å². The van der Waals surface area contributed by atoms with Gasteiger partial charge in [0.05, 0.1) is 13.0 Å². The molecular formula is C10H18N2O2. The van der Waals surface area contributed by atoms with E-state index < -0.39 is 0 Å². The number of nitrogens with zero attached hydrogens (tertiary/aromatic N) is 1. The van der Waals surface area contributed by atoms with E-state index in [-0.39, 0.29) is 11.6 Å². The van der Waals surface area contributed by atoms with E-state index in [1.54, 1.807) is 0 Å². The van der Waals surface area contributed by atoms with E-state index in [0.717, 1.165) is 32.5 Å². The first-order chi connectivity index (χ1) is 6.78. The fourth-order valence-electron chi connectivity index (χ4n) is 2.45. The van der Waals surface area contributed by atoms with Gasteiger partial charge in [-0.3, -0.25) is 4.79 Å². The van der Waals surface area contributed by atoms with Gasteiger partial charge in [0.2, 0.25) is 5.91 Å². The van der Waals surface area contributed by atoms with Crippen LogP contribution in [0, 0.1) is 0 Å². The molecule has 1 unspecified atom stereocenters. The van der Waals surface area contributed by atoms with Crippen LogP contribution in [0.4, 0.5) is 0 Å². The Balaban J connectivity index is 2.16. The van der Waals surface area contributed by atoms with Crippen molar-refractivity contribution in [2.75, 3.05) is 26.2 Å². The summed E-state index contributed by atoms with van der Waals surface area (Å²) in [6, 6.07) is 0. The second-order valence-corrected chi connectivity index (χ2v) is 3.96. The van der Waals surface area contributed by atoms with Crippen molar-refractivity contribution in [1.29, 1.82) is 0 Å². The van der Waals surface area contributed by atoms with Crippen LogP contribution in [0.25, 0.3) is 0 Å². The summed E-state index contributed by atoms with van der Waals surface area (Å²) in [7, 11) is 0. The predicted octanol–water partition coefficient (Wildman–Crippen LogP) is 0.335. The molecule has 0 aromatic heterocycles. The van der Waals surface area contributed by atoms with Crippen molar-refractivity contribution in [2.45, 2.75) is 31.9 Å². The molecule has 0 aliphatic carbocycles. The van der Waals surface area contributed by atoms with E-state index in [1.807, 2.05) is 11.8 Å². The van der Waals surface area contributed by atoms with Crippen LogP contribution in [0.2, 0.25) is 0 Å². The lowest BCUT2D eigenvalue weighted by atomic mass is 9.99. The van der Waals surface area contributed by atoms with Crippen LogP contribution in [0.15, 0.2) is 0 Å². The standard InChI is InChI=1S/C10H18N2O2/c1-2-12-9(13)4-7-14-10(12)5-3-6-11-8-10/h11H,2-8H2,1H3. The molecule has 2 heterocycles. The lowest BCUT2D eigenvalue weighted by molar-refractivity contribution is -0.201. The van der Waals surface area contributed by atoms with Gasteiger partial charge < -0.3 is 15.0 Å². The van der Waals surface area contributed by atoms with Gasteiger partial charge in [-0.15, -0.1) is 0 Å². The van der Waals surface area contributed by atoms with Crippen molar-refractivity contribution >= 4 is 5.91 Å². The van der Waals surface area contributed by atoms with Crippen LogP contribution in [0.5, 0.6) is 0 Å². The molecule has 1 spiro atoms. The molecule has 80 valence electrons. The minimum Gasteiger partial charge on any atom is -0.354 e. The summed E-state index contributed by atoms with van der Waals surface area (Å²) < 4.78 is 5.82. The number of piperidine rings is 1. The van der Waals surface area contributed by atoms with Gasteiger partial charge in [0, 0.05) is 13.1 Å². The Bertz CT molecular complexity index is 219. The lowest BCUT2D eigenvalue weighted by Crippen LogP contribution is -2.63. The SMILES string of the molecule is CCN1C(=O)CCOC12CCCNC2. The van der Waals surface area contributed by atoms with Crippen molar-refractivity contribution < 1.29 is 9.53 Å². The third-order valence-corrected chi connectivity index (χ3v) is 3.12. The Morgan fingerprint density at radius 1 is 1.64 bits per heavy atom. The molecule has 0 saturated carbocycles. The number of hydrogen-bond acceptors (Lipinski definition) is 3. The van der Waals surface area contributed by atoms with Gasteiger partial charge >= 0.3 is 0 Å². The number of hydrogen-bond donors (Lipinski definition) is 1. The summed E-state index contributed by atoms with van der Waals surface area (Å²) in [4.78, 5) is 13.6. The molecule has 0 aromatic carbocycles. The van der Waals surface area contributed by atoms with Crippen molar-refractivity contribution in [2.24, 2.45) is 0 Å². The van der Waals surface area contributed by atoms with E-state index in [9.17, 15) is 4.79 Å². The molecule has 1 N–H and O–H groups in total. The highest BCUT2D eigenvalue weighted by Crippen LogP contribution is 2.29. The van der Waals surface area contributed by atoms with E-state index in [2.05, 4.69) is 5.32 Å². The number of nitrogens with one attached hydrogen (secondary N) is 1. The molecule has 1 atom stereocenters. The van der Waals surface area contributed by atoms with Crippen molar-refractivity contribution in [1.82, 2.24) is 10.2 Å². The molecule has 2 aliphatic rings. The van der Waals surface area contributed by atoms with E-state index in [1.165, 1.54) is 0 Å². The quantitative estimate of drug-likeness (QED) is 0.660. The summed E-state index contributed by atoms with van der Waals surface area (Å²) in [5, 5.41) is 3.31. The molecule has 1 amide bonds. The lowest BCUT2D eigenvalue weighted by Gasteiger charge is -2.48. The first-order valence-electron chi connectivity index (χ1n) is 5.44. The Hall–Kier alpha value is -0.610. The van der Waals surface area contributed by atoms with Crippen molar-refractivity contribution in [3.63, 3.8) is 0 Å². The maximum atomic E-state index is 11.7. The topological polar surface area (TPSA) is 41.6 Å². The molecule has 14 heavy (non-hydrogen) atoms. The third kappa shape index (κ3) is 1.53. The largest absolute Gasteiger partial charge is 0.354 e. The molecule has 2 aliphatic heterocycles. The molecule has 2 fully saturated rings. The number of ether oxygens (including phenoxy) is 1. The van der Waals surface area contributed by atoms with Crippen molar-refractivity contribution in [3.8, 4) is 0 Å². The Morgan fingerprint density at radius 2 is 2.50 bits per heavy atom.